The molecule has 25 heavy (non-hydrogen) atoms. The smallest absolute Gasteiger partial charge is 0.263 e. The van der Waals surface area contributed by atoms with Gasteiger partial charge in [0.1, 0.15) is 11.5 Å². The number of likely N-dealkylation sites (N-methyl/N-ethyl adjacent to an activating group) is 1. The summed E-state index contributed by atoms with van der Waals surface area (Å²) in [7, 11) is 3.44. The molecule has 0 aromatic heterocycles. The first-order valence-corrected chi connectivity index (χ1v) is 8.70. The molecule has 0 radical (unpaired) electrons. The second-order valence-electron chi connectivity index (χ2n) is 6.05. The van der Waals surface area contributed by atoms with Crippen LogP contribution in [-0.2, 0) is 17.8 Å². The van der Waals surface area contributed by atoms with Gasteiger partial charge >= 0.3 is 0 Å². The van der Waals surface area contributed by atoms with Crippen LogP contribution in [0.2, 0.25) is 0 Å². The summed E-state index contributed by atoms with van der Waals surface area (Å²) in [5, 5.41) is 0. The van der Waals surface area contributed by atoms with E-state index in [1.807, 2.05) is 55.5 Å². The number of nitrogens with zero attached hydrogens (tertiary/aromatic N) is 1. The third kappa shape index (κ3) is 5.24. The largest absolute Gasteiger partial charge is 0.497 e. The minimum absolute atomic E-state index is 0.0158. The van der Waals surface area contributed by atoms with Crippen molar-refractivity contribution in [1.29, 1.82) is 0 Å². The quantitative estimate of drug-likeness (QED) is 0.726. The Bertz CT molecular complexity index is 665. The molecule has 4 heteroatoms. The number of rotatable bonds is 8. The molecule has 0 saturated heterocycles. The molecule has 0 N–H and O–H groups in total. The second-order valence-corrected chi connectivity index (χ2v) is 6.05. The average molecular weight is 341 g/mol. The summed E-state index contributed by atoms with van der Waals surface area (Å²) in [6.45, 7) is 4.62. The third-order valence-corrected chi connectivity index (χ3v) is 4.21. The number of hydrogen-bond donors (Lipinski definition) is 0. The van der Waals surface area contributed by atoms with Crippen LogP contribution in [0.4, 0.5) is 0 Å². The van der Waals surface area contributed by atoms with Crippen molar-refractivity contribution in [1.82, 2.24) is 4.90 Å². The van der Waals surface area contributed by atoms with E-state index in [4.69, 9.17) is 9.47 Å². The molecule has 0 aliphatic carbocycles. The van der Waals surface area contributed by atoms with Gasteiger partial charge in [-0.15, -0.1) is 0 Å². The van der Waals surface area contributed by atoms with E-state index in [9.17, 15) is 4.79 Å². The van der Waals surface area contributed by atoms with Gasteiger partial charge in [0.25, 0.3) is 5.91 Å². The Labute approximate surface area is 150 Å². The van der Waals surface area contributed by atoms with Gasteiger partial charge in [-0.3, -0.25) is 4.79 Å². The molecule has 0 unspecified atom stereocenters. The molecule has 0 spiro atoms. The van der Waals surface area contributed by atoms with Crippen LogP contribution in [0.3, 0.4) is 0 Å². The molecule has 0 heterocycles. The molecular formula is C21H27NO3. The Morgan fingerprint density at radius 1 is 0.960 bits per heavy atom. The zero-order valence-corrected chi connectivity index (χ0v) is 15.5. The zero-order valence-electron chi connectivity index (χ0n) is 15.5. The van der Waals surface area contributed by atoms with Crippen LogP contribution in [0.25, 0.3) is 0 Å². The number of carbonyl (C=O) groups excluding carboxylic acids is 1. The van der Waals surface area contributed by atoms with E-state index in [0.29, 0.717) is 13.0 Å². The lowest BCUT2D eigenvalue weighted by Crippen LogP contribution is -2.39. The lowest BCUT2D eigenvalue weighted by Gasteiger charge is -2.24. The minimum atomic E-state index is -0.476. The van der Waals surface area contributed by atoms with E-state index < -0.39 is 6.10 Å². The molecule has 0 fully saturated rings. The summed E-state index contributed by atoms with van der Waals surface area (Å²) in [5.74, 6) is 1.52. The topological polar surface area (TPSA) is 38.8 Å². The van der Waals surface area contributed by atoms with Crippen LogP contribution in [-0.4, -0.2) is 31.1 Å². The van der Waals surface area contributed by atoms with Gasteiger partial charge in [0, 0.05) is 13.6 Å². The van der Waals surface area contributed by atoms with Gasteiger partial charge in [-0.2, -0.15) is 0 Å². The minimum Gasteiger partial charge on any atom is -0.497 e. The van der Waals surface area contributed by atoms with Crippen molar-refractivity contribution in [3.63, 3.8) is 0 Å². The monoisotopic (exact) mass is 341 g/mol. The average Bonchev–Trinajstić information content (AvgIpc) is 2.66. The number of carbonyl (C=O) groups is 1. The molecule has 2 aromatic rings. The number of hydrogen-bond acceptors (Lipinski definition) is 3. The SMILES string of the molecule is CCc1ccc(O[C@H](CC)C(=O)N(C)Cc2ccc(OC)cc2)cc1. The standard InChI is InChI=1S/C21H27NO3/c1-5-16-7-13-19(14-8-16)25-20(6-2)21(23)22(3)15-17-9-11-18(24-4)12-10-17/h7-14,20H,5-6,15H2,1-4H3/t20-/m1/s1. The van der Waals surface area contributed by atoms with Crippen LogP contribution in [0.15, 0.2) is 48.5 Å². The first-order chi connectivity index (χ1) is 12.1. The lowest BCUT2D eigenvalue weighted by atomic mass is 10.1. The van der Waals surface area contributed by atoms with Gasteiger partial charge in [-0.25, -0.2) is 0 Å². The molecule has 0 saturated carbocycles. The van der Waals surface area contributed by atoms with Gasteiger partial charge in [-0.1, -0.05) is 38.1 Å². The van der Waals surface area contributed by atoms with Crippen LogP contribution in [0.5, 0.6) is 11.5 Å². The van der Waals surface area contributed by atoms with Crippen molar-refractivity contribution in [2.45, 2.75) is 39.3 Å². The van der Waals surface area contributed by atoms with E-state index in [2.05, 4.69) is 6.92 Å². The predicted molar refractivity (Wildman–Crippen MR) is 100.0 cm³/mol. The molecule has 2 aromatic carbocycles. The highest BCUT2D eigenvalue weighted by Gasteiger charge is 2.22. The van der Waals surface area contributed by atoms with Crippen molar-refractivity contribution in [2.75, 3.05) is 14.2 Å². The van der Waals surface area contributed by atoms with Crippen LogP contribution in [0, 0.1) is 0 Å². The Hall–Kier alpha value is -2.49. The molecule has 2 rings (SSSR count). The number of ether oxygens (including phenoxy) is 2. The van der Waals surface area contributed by atoms with Crippen molar-refractivity contribution < 1.29 is 14.3 Å². The number of methoxy groups -OCH3 is 1. The maximum atomic E-state index is 12.7. The Balaban J connectivity index is 1.98. The summed E-state index contributed by atoms with van der Waals surface area (Å²) in [5.41, 5.74) is 2.31. The van der Waals surface area contributed by atoms with Gasteiger partial charge in [0.05, 0.1) is 7.11 Å². The molecule has 134 valence electrons. The zero-order chi connectivity index (χ0) is 18.2. The maximum Gasteiger partial charge on any atom is 0.263 e. The Morgan fingerprint density at radius 2 is 1.52 bits per heavy atom. The Kier molecular flexibility index (Phi) is 6.87. The fourth-order valence-corrected chi connectivity index (χ4v) is 2.60. The summed E-state index contributed by atoms with van der Waals surface area (Å²) in [6.07, 6.45) is 1.14. The number of benzene rings is 2. The number of aryl methyl sites for hydroxylation is 1. The van der Waals surface area contributed by atoms with E-state index in [1.165, 1.54) is 5.56 Å². The Morgan fingerprint density at radius 3 is 2.04 bits per heavy atom. The lowest BCUT2D eigenvalue weighted by molar-refractivity contribution is -0.138. The normalized spacial score (nSPS) is 11.7. The summed E-state index contributed by atoms with van der Waals surface area (Å²) >= 11 is 0. The molecule has 4 nitrogen and oxygen atoms in total. The summed E-state index contributed by atoms with van der Waals surface area (Å²) in [6, 6.07) is 15.7. The number of amides is 1. The van der Waals surface area contributed by atoms with E-state index >= 15 is 0 Å². The molecule has 0 bridgehead atoms. The van der Waals surface area contributed by atoms with Crippen LogP contribution in [0.1, 0.15) is 31.4 Å². The van der Waals surface area contributed by atoms with E-state index in [1.54, 1.807) is 19.1 Å². The summed E-state index contributed by atoms with van der Waals surface area (Å²) < 4.78 is 11.1. The van der Waals surface area contributed by atoms with Gasteiger partial charge in [0.15, 0.2) is 6.10 Å². The van der Waals surface area contributed by atoms with Crippen LogP contribution < -0.4 is 9.47 Å². The highest BCUT2D eigenvalue weighted by Crippen LogP contribution is 2.18. The fraction of sp³-hybridized carbons (Fsp3) is 0.381. The molecule has 0 aliphatic heterocycles. The van der Waals surface area contributed by atoms with Gasteiger partial charge < -0.3 is 14.4 Å². The van der Waals surface area contributed by atoms with E-state index in [-0.39, 0.29) is 5.91 Å². The molecular weight excluding hydrogens is 314 g/mol. The molecule has 1 atom stereocenters. The first kappa shape index (κ1) is 18.8. The van der Waals surface area contributed by atoms with Crippen molar-refractivity contribution in [3.8, 4) is 11.5 Å². The summed E-state index contributed by atoms with van der Waals surface area (Å²) in [4.78, 5) is 14.4. The highest BCUT2D eigenvalue weighted by molar-refractivity contribution is 5.81. The van der Waals surface area contributed by atoms with Crippen molar-refractivity contribution >= 4 is 5.91 Å². The van der Waals surface area contributed by atoms with E-state index in [0.717, 1.165) is 23.5 Å². The third-order valence-electron chi connectivity index (χ3n) is 4.21. The predicted octanol–water partition coefficient (Wildman–Crippen LogP) is 4.07. The molecule has 1 amide bonds. The first-order valence-electron chi connectivity index (χ1n) is 8.70. The maximum absolute atomic E-state index is 12.7. The van der Waals surface area contributed by atoms with Crippen molar-refractivity contribution in [3.05, 3.63) is 59.7 Å². The molecule has 0 aliphatic rings. The van der Waals surface area contributed by atoms with Gasteiger partial charge in [-0.05, 0) is 48.2 Å². The van der Waals surface area contributed by atoms with Gasteiger partial charge in [0.2, 0.25) is 0 Å². The second kappa shape index (κ2) is 9.11. The van der Waals surface area contributed by atoms with Crippen LogP contribution >= 0.6 is 0 Å². The van der Waals surface area contributed by atoms with Crippen molar-refractivity contribution in [2.24, 2.45) is 0 Å². The fourth-order valence-electron chi connectivity index (χ4n) is 2.60. The highest BCUT2D eigenvalue weighted by atomic mass is 16.5.